The van der Waals surface area contributed by atoms with E-state index in [1.807, 2.05) is 26.4 Å². The third-order valence-electron chi connectivity index (χ3n) is 3.55. The van der Waals surface area contributed by atoms with Gasteiger partial charge in [-0.15, -0.1) is 0 Å². The highest BCUT2D eigenvalue weighted by Crippen LogP contribution is 2.25. The minimum absolute atomic E-state index is 0.0226. The highest BCUT2D eigenvalue weighted by Gasteiger charge is 2.25. The number of nitrogens with zero attached hydrogens (tertiary/aromatic N) is 3. The fraction of sp³-hybridized carbons (Fsp3) is 0.692. The second-order valence-corrected chi connectivity index (χ2v) is 4.93. The van der Waals surface area contributed by atoms with Crippen molar-refractivity contribution >= 4 is 6.09 Å². The molecule has 1 fully saturated rings. The van der Waals surface area contributed by atoms with Gasteiger partial charge in [0.2, 0.25) is 0 Å². The average Bonchev–Trinajstić information content (AvgIpc) is 2.88. The van der Waals surface area contributed by atoms with Crippen molar-refractivity contribution in [3.8, 4) is 0 Å². The molecule has 6 heteroatoms. The van der Waals surface area contributed by atoms with Gasteiger partial charge in [0.25, 0.3) is 0 Å². The summed E-state index contributed by atoms with van der Waals surface area (Å²) in [5.41, 5.74) is 6.99. The summed E-state index contributed by atoms with van der Waals surface area (Å²) in [5, 5.41) is 0. The van der Waals surface area contributed by atoms with Crippen molar-refractivity contribution < 1.29 is 9.53 Å². The summed E-state index contributed by atoms with van der Waals surface area (Å²) < 4.78 is 7.16. The molecule has 1 unspecified atom stereocenters. The van der Waals surface area contributed by atoms with Gasteiger partial charge in [-0.2, -0.15) is 0 Å². The van der Waals surface area contributed by atoms with Crippen molar-refractivity contribution in [2.24, 2.45) is 5.73 Å². The molecule has 6 nitrogen and oxygen atoms in total. The Morgan fingerprint density at radius 1 is 1.58 bits per heavy atom. The standard InChI is InChI=1S/C13H22N4O2/c1-3-19-13(18)16-6-4-11(5-7-16)17-9-15-8-12(17)10(2)14/h8-11H,3-7,14H2,1-2H3. The van der Waals surface area contributed by atoms with E-state index < -0.39 is 0 Å². The summed E-state index contributed by atoms with van der Waals surface area (Å²) in [6.45, 7) is 5.65. The van der Waals surface area contributed by atoms with E-state index >= 15 is 0 Å². The number of nitrogens with two attached hydrogens (primary N) is 1. The summed E-state index contributed by atoms with van der Waals surface area (Å²) in [5.74, 6) is 0. The van der Waals surface area contributed by atoms with Crippen LogP contribution in [-0.2, 0) is 4.74 Å². The summed E-state index contributed by atoms with van der Waals surface area (Å²) in [7, 11) is 0. The fourth-order valence-electron chi connectivity index (χ4n) is 2.51. The van der Waals surface area contributed by atoms with Crippen LogP contribution in [0.5, 0.6) is 0 Å². The molecule has 106 valence electrons. The van der Waals surface area contributed by atoms with Gasteiger partial charge in [0.1, 0.15) is 0 Å². The van der Waals surface area contributed by atoms with Crippen LogP contribution in [0.4, 0.5) is 4.79 Å². The van der Waals surface area contributed by atoms with Crippen LogP contribution in [0.25, 0.3) is 0 Å². The Morgan fingerprint density at radius 3 is 2.84 bits per heavy atom. The summed E-state index contributed by atoms with van der Waals surface area (Å²) in [6, 6.07) is 0.347. The Morgan fingerprint density at radius 2 is 2.26 bits per heavy atom. The van der Waals surface area contributed by atoms with Crippen molar-refractivity contribution in [3.05, 3.63) is 18.2 Å². The van der Waals surface area contributed by atoms with Gasteiger partial charge in [-0.1, -0.05) is 0 Å². The molecule has 0 saturated carbocycles. The molecule has 1 aliphatic rings. The molecule has 0 aliphatic carbocycles. The molecule has 1 atom stereocenters. The van der Waals surface area contributed by atoms with Crippen LogP contribution in [0.15, 0.2) is 12.5 Å². The Labute approximate surface area is 113 Å². The van der Waals surface area contributed by atoms with Gasteiger partial charge in [-0.25, -0.2) is 9.78 Å². The first-order chi connectivity index (χ1) is 9.13. The predicted molar refractivity (Wildman–Crippen MR) is 71.7 cm³/mol. The number of rotatable bonds is 3. The van der Waals surface area contributed by atoms with E-state index in [0.717, 1.165) is 31.6 Å². The molecule has 2 rings (SSSR count). The lowest BCUT2D eigenvalue weighted by Gasteiger charge is -2.32. The first-order valence-electron chi connectivity index (χ1n) is 6.82. The van der Waals surface area contributed by atoms with Gasteiger partial charge in [-0.3, -0.25) is 0 Å². The molecule has 0 spiro atoms. The smallest absolute Gasteiger partial charge is 0.409 e. The number of imidazole rings is 1. The molecule has 2 heterocycles. The highest BCUT2D eigenvalue weighted by molar-refractivity contribution is 5.67. The minimum atomic E-state index is -0.209. The second kappa shape index (κ2) is 6.06. The Balaban J connectivity index is 1.96. The predicted octanol–water partition coefficient (Wildman–Crippen LogP) is 1.70. The number of likely N-dealkylation sites (tertiary alicyclic amines) is 1. The molecule has 1 saturated heterocycles. The zero-order valence-corrected chi connectivity index (χ0v) is 11.6. The van der Waals surface area contributed by atoms with Crippen LogP contribution in [0.2, 0.25) is 0 Å². The molecular formula is C13H22N4O2. The molecular weight excluding hydrogens is 244 g/mol. The number of hydrogen-bond acceptors (Lipinski definition) is 4. The lowest BCUT2D eigenvalue weighted by Crippen LogP contribution is -2.39. The molecule has 1 amide bonds. The van der Waals surface area contributed by atoms with Crippen LogP contribution in [0.1, 0.15) is 44.5 Å². The SMILES string of the molecule is CCOC(=O)N1CCC(n2cncc2C(C)N)CC1. The van der Waals surface area contributed by atoms with Gasteiger partial charge in [0.05, 0.1) is 18.6 Å². The van der Waals surface area contributed by atoms with Crippen LogP contribution >= 0.6 is 0 Å². The number of hydrogen-bond donors (Lipinski definition) is 1. The topological polar surface area (TPSA) is 73.4 Å². The van der Waals surface area contributed by atoms with E-state index in [1.54, 1.807) is 4.90 Å². The number of piperidine rings is 1. The van der Waals surface area contributed by atoms with E-state index in [0.29, 0.717) is 12.6 Å². The molecule has 0 radical (unpaired) electrons. The van der Waals surface area contributed by atoms with E-state index in [1.165, 1.54) is 0 Å². The number of ether oxygens (including phenoxy) is 1. The summed E-state index contributed by atoms with van der Waals surface area (Å²) >= 11 is 0. The van der Waals surface area contributed by atoms with Crippen molar-refractivity contribution in [1.29, 1.82) is 0 Å². The maximum Gasteiger partial charge on any atom is 0.409 e. The van der Waals surface area contributed by atoms with Crippen molar-refractivity contribution in [1.82, 2.24) is 14.5 Å². The van der Waals surface area contributed by atoms with Crippen molar-refractivity contribution in [2.75, 3.05) is 19.7 Å². The third-order valence-corrected chi connectivity index (χ3v) is 3.55. The number of carbonyl (C=O) groups is 1. The average molecular weight is 266 g/mol. The molecule has 2 N–H and O–H groups in total. The quantitative estimate of drug-likeness (QED) is 0.903. The molecule has 0 bridgehead atoms. The molecule has 19 heavy (non-hydrogen) atoms. The van der Waals surface area contributed by atoms with E-state index in [4.69, 9.17) is 10.5 Å². The van der Waals surface area contributed by atoms with Gasteiger partial charge >= 0.3 is 6.09 Å². The Hall–Kier alpha value is -1.56. The molecule has 1 aromatic heterocycles. The van der Waals surface area contributed by atoms with E-state index in [9.17, 15) is 4.79 Å². The first-order valence-corrected chi connectivity index (χ1v) is 6.82. The van der Waals surface area contributed by atoms with Crippen LogP contribution in [0, 0.1) is 0 Å². The Kier molecular flexibility index (Phi) is 4.42. The van der Waals surface area contributed by atoms with Crippen molar-refractivity contribution in [2.45, 2.75) is 38.8 Å². The molecule has 0 aromatic carbocycles. The van der Waals surface area contributed by atoms with Crippen LogP contribution in [-0.4, -0.2) is 40.2 Å². The van der Waals surface area contributed by atoms with Gasteiger partial charge < -0.3 is 19.9 Å². The van der Waals surface area contributed by atoms with E-state index in [2.05, 4.69) is 9.55 Å². The molecule has 1 aromatic rings. The zero-order valence-electron chi connectivity index (χ0n) is 11.6. The monoisotopic (exact) mass is 266 g/mol. The third kappa shape index (κ3) is 3.07. The zero-order chi connectivity index (χ0) is 13.8. The highest BCUT2D eigenvalue weighted by atomic mass is 16.6. The number of amides is 1. The van der Waals surface area contributed by atoms with Gasteiger partial charge in [0, 0.05) is 31.4 Å². The first kappa shape index (κ1) is 13.9. The van der Waals surface area contributed by atoms with Gasteiger partial charge in [-0.05, 0) is 26.7 Å². The number of aromatic nitrogens is 2. The summed E-state index contributed by atoms with van der Waals surface area (Å²) in [6.07, 6.45) is 5.27. The maximum absolute atomic E-state index is 11.6. The van der Waals surface area contributed by atoms with Crippen LogP contribution < -0.4 is 5.73 Å². The second-order valence-electron chi connectivity index (χ2n) is 4.93. The fourth-order valence-corrected chi connectivity index (χ4v) is 2.51. The van der Waals surface area contributed by atoms with E-state index in [-0.39, 0.29) is 12.1 Å². The minimum Gasteiger partial charge on any atom is -0.450 e. The largest absolute Gasteiger partial charge is 0.450 e. The van der Waals surface area contributed by atoms with Crippen LogP contribution in [0.3, 0.4) is 0 Å². The number of carbonyl (C=O) groups excluding carboxylic acids is 1. The summed E-state index contributed by atoms with van der Waals surface area (Å²) in [4.78, 5) is 17.6. The normalized spacial score (nSPS) is 18.4. The maximum atomic E-state index is 11.6. The lowest BCUT2D eigenvalue weighted by atomic mass is 10.0. The lowest BCUT2D eigenvalue weighted by molar-refractivity contribution is 0.0924. The Bertz CT molecular complexity index is 422. The van der Waals surface area contributed by atoms with Crippen molar-refractivity contribution in [3.63, 3.8) is 0 Å². The molecule has 1 aliphatic heterocycles. The van der Waals surface area contributed by atoms with Gasteiger partial charge in [0.15, 0.2) is 0 Å².